The molecule has 0 saturated carbocycles. The standard InChI is InChI=1S/C15H25NO/c1-11(2)14(16(17)15(4,5)6)13-9-7-8-12(3)10-13/h7-11,14,17H,1-6H3. The second-order valence-electron chi connectivity index (χ2n) is 6.12. The van der Waals surface area contributed by atoms with Crippen molar-refractivity contribution in [2.24, 2.45) is 5.92 Å². The van der Waals surface area contributed by atoms with Crippen LogP contribution in [0.1, 0.15) is 51.8 Å². The molecule has 0 aliphatic heterocycles. The minimum Gasteiger partial charge on any atom is -0.313 e. The van der Waals surface area contributed by atoms with Crippen LogP contribution in [0.5, 0.6) is 0 Å². The largest absolute Gasteiger partial charge is 0.313 e. The fourth-order valence-electron chi connectivity index (χ4n) is 2.08. The Morgan fingerprint density at radius 2 is 1.76 bits per heavy atom. The molecule has 0 radical (unpaired) electrons. The van der Waals surface area contributed by atoms with E-state index in [4.69, 9.17) is 0 Å². The van der Waals surface area contributed by atoms with Crippen molar-refractivity contribution in [3.05, 3.63) is 35.4 Å². The molecule has 2 heteroatoms. The number of hydrogen-bond donors (Lipinski definition) is 1. The van der Waals surface area contributed by atoms with Gasteiger partial charge in [-0.1, -0.05) is 43.7 Å². The molecule has 1 aromatic rings. The SMILES string of the molecule is Cc1cccc(C(C(C)C)N(O)C(C)(C)C)c1. The van der Waals surface area contributed by atoms with Crippen molar-refractivity contribution in [3.63, 3.8) is 0 Å². The molecule has 1 N–H and O–H groups in total. The van der Waals surface area contributed by atoms with Gasteiger partial charge in [-0.25, -0.2) is 0 Å². The second-order valence-corrected chi connectivity index (χ2v) is 6.12. The topological polar surface area (TPSA) is 23.5 Å². The maximum Gasteiger partial charge on any atom is 0.0628 e. The lowest BCUT2D eigenvalue weighted by molar-refractivity contribution is -0.199. The zero-order valence-electron chi connectivity index (χ0n) is 11.9. The van der Waals surface area contributed by atoms with E-state index in [-0.39, 0.29) is 11.6 Å². The lowest BCUT2D eigenvalue weighted by Crippen LogP contribution is -2.43. The van der Waals surface area contributed by atoms with Crippen LogP contribution in [-0.2, 0) is 0 Å². The normalized spacial score (nSPS) is 14.4. The van der Waals surface area contributed by atoms with Crippen LogP contribution in [0.25, 0.3) is 0 Å². The van der Waals surface area contributed by atoms with Gasteiger partial charge in [0, 0.05) is 5.54 Å². The fraction of sp³-hybridized carbons (Fsp3) is 0.600. The van der Waals surface area contributed by atoms with E-state index in [1.807, 2.05) is 20.8 Å². The smallest absolute Gasteiger partial charge is 0.0628 e. The molecule has 0 aliphatic carbocycles. The molecule has 2 nitrogen and oxygen atoms in total. The molecule has 96 valence electrons. The van der Waals surface area contributed by atoms with Crippen molar-refractivity contribution < 1.29 is 5.21 Å². The van der Waals surface area contributed by atoms with Crippen molar-refractivity contribution >= 4 is 0 Å². The van der Waals surface area contributed by atoms with Gasteiger partial charge in [0.05, 0.1) is 6.04 Å². The Labute approximate surface area is 105 Å². The summed E-state index contributed by atoms with van der Waals surface area (Å²) >= 11 is 0. The lowest BCUT2D eigenvalue weighted by Gasteiger charge is -2.38. The minimum absolute atomic E-state index is 0.0369. The van der Waals surface area contributed by atoms with E-state index in [0.717, 1.165) is 0 Å². The van der Waals surface area contributed by atoms with Gasteiger partial charge < -0.3 is 5.21 Å². The monoisotopic (exact) mass is 235 g/mol. The van der Waals surface area contributed by atoms with Gasteiger partial charge in [-0.3, -0.25) is 0 Å². The number of rotatable bonds is 3. The van der Waals surface area contributed by atoms with Crippen LogP contribution in [-0.4, -0.2) is 15.8 Å². The van der Waals surface area contributed by atoms with E-state index in [1.165, 1.54) is 16.2 Å². The van der Waals surface area contributed by atoms with Gasteiger partial charge in [-0.2, -0.15) is 5.06 Å². The molecule has 1 aromatic carbocycles. The van der Waals surface area contributed by atoms with Crippen LogP contribution in [0.15, 0.2) is 24.3 Å². The summed E-state index contributed by atoms with van der Waals surface area (Å²) in [5, 5.41) is 11.9. The van der Waals surface area contributed by atoms with Gasteiger partial charge in [-0.05, 0) is 39.2 Å². The van der Waals surface area contributed by atoms with Crippen LogP contribution < -0.4 is 0 Å². The first-order chi connectivity index (χ1) is 7.73. The van der Waals surface area contributed by atoms with Crippen LogP contribution in [0.4, 0.5) is 0 Å². The molecular weight excluding hydrogens is 210 g/mol. The maximum absolute atomic E-state index is 10.4. The zero-order valence-corrected chi connectivity index (χ0v) is 11.9. The van der Waals surface area contributed by atoms with Crippen LogP contribution in [0, 0.1) is 12.8 Å². The molecular formula is C15H25NO. The van der Waals surface area contributed by atoms with Gasteiger partial charge in [-0.15, -0.1) is 0 Å². The minimum atomic E-state index is -0.251. The number of hydrogen-bond acceptors (Lipinski definition) is 2. The van der Waals surface area contributed by atoms with Gasteiger partial charge >= 0.3 is 0 Å². The highest BCUT2D eigenvalue weighted by atomic mass is 16.5. The maximum atomic E-state index is 10.4. The third-order valence-electron chi connectivity index (χ3n) is 2.97. The molecule has 0 heterocycles. The Morgan fingerprint density at radius 1 is 1.18 bits per heavy atom. The Hall–Kier alpha value is -0.860. The molecule has 1 unspecified atom stereocenters. The number of aryl methyl sites for hydroxylation is 1. The van der Waals surface area contributed by atoms with Crippen molar-refractivity contribution in [3.8, 4) is 0 Å². The Balaban J connectivity index is 3.10. The molecule has 1 atom stereocenters. The summed E-state index contributed by atoms with van der Waals surface area (Å²) in [7, 11) is 0. The van der Waals surface area contributed by atoms with E-state index in [1.54, 1.807) is 0 Å². The molecule has 1 rings (SSSR count). The van der Waals surface area contributed by atoms with E-state index >= 15 is 0 Å². The second kappa shape index (κ2) is 5.19. The van der Waals surface area contributed by atoms with Crippen LogP contribution in [0.3, 0.4) is 0 Å². The van der Waals surface area contributed by atoms with Gasteiger partial charge in [0.15, 0.2) is 0 Å². The molecule has 0 bridgehead atoms. The molecule has 0 fully saturated rings. The predicted molar refractivity (Wildman–Crippen MR) is 72.1 cm³/mol. The first kappa shape index (κ1) is 14.2. The molecule has 0 spiro atoms. The summed E-state index contributed by atoms with van der Waals surface area (Å²) in [5.74, 6) is 0.362. The molecule has 0 amide bonds. The first-order valence-corrected chi connectivity index (χ1v) is 6.28. The average Bonchev–Trinajstić information content (AvgIpc) is 2.15. The van der Waals surface area contributed by atoms with Gasteiger partial charge in [0.1, 0.15) is 0 Å². The van der Waals surface area contributed by atoms with Gasteiger partial charge in [0.2, 0.25) is 0 Å². The fourth-order valence-corrected chi connectivity index (χ4v) is 2.08. The van der Waals surface area contributed by atoms with E-state index < -0.39 is 0 Å². The highest BCUT2D eigenvalue weighted by molar-refractivity contribution is 5.25. The van der Waals surface area contributed by atoms with Crippen molar-refractivity contribution in [2.45, 2.75) is 53.1 Å². The number of hydroxylamine groups is 2. The van der Waals surface area contributed by atoms with Crippen LogP contribution >= 0.6 is 0 Å². The molecule has 0 aromatic heterocycles. The Kier molecular flexibility index (Phi) is 4.34. The summed E-state index contributed by atoms with van der Waals surface area (Å²) in [4.78, 5) is 0. The predicted octanol–water partition coefficient (Wildman–Crippen LogP) is 4.18. The van der Waals surface area contributed by atoms with Crippen molar-refractivity contribution in [1.29, 1.82) is 0 Å². The number of nitrogens with zero attached hydrogens (tertiary/aromatic N) is 1. The van der Waals surface area contributed by atoms with Gasteiger partial charge in [0.25, 0.3) is 0 Å². The number of benzene rings is 1. The summed E-state index contributed by atoms with van der Waals surface area (Å²) < 4.78 is 0. The first-order valence-electron chi connectivity index (χ1n) is 6.28. The quantitative estimate of drug-likeness (QED) is 0.794. The molecule has 17 heavy (non-hydrogen) atoms. The molecule has 0 saturated heterocycles. The third-order valence-corrected chi connectivity index (χ3v) is 2.97. The van der Waals surface area contributed by atoms with Crippen molar-refractivity contribution in [1.82, 2.24) is 5.06 Å². The van der Waals surface area contributed by atoms with Crippen LogP contribution in [0.2, 0.25) is 0 Å². The third kappa shape index (κ3) is 3.55. The summed E-state index contributed by atoms with van der Waals surface area (Å²) in [6.45, 7) is 12.4. The Bertz CT molecular complexity index is 365. The average molecular weight is 235 g/mol. The zero-order chi connectivity index (χ0) is 13.2. The van der Waals surface area contributed by atoms with E-state index in [9.17, 15) is 5.21 Å². The highest BCUT2D eigenvalue weighted by Crippen LogP contribution is 2.32. The summed E-state index contributed by atoms with van der Waals surface area (Å²) in [5.41, 5.74) is 2.16. The Morgan fingerprint density at radius 3 is 2.18 bits per heavy atom. The molecule has 0 aliphatic rings. The summed E-state index contributed by atoms with van der Waals surface area (Å²) in [6.07, 6.45) is 0. The van der Waals surface area contributed by atoms with Crippen molar-refractivity contribution in [2.75, 3.05) is 0 Å². The van der Waals surface area contributed by atoms with E-state index in [2.05, 4.69) is 45.0 Å². The van der Waals surface area contributed by atoms with E-state index in [0.29, 0.717) is 5.92 Å². The highest BCUT2D eigenvalue weighted by Gasteiger charge is 2.30. The summed E-state index contributed by atoms with van der Waals surface area (Å²) in [6, 6.07) is 8.41. The lowest BCUT2D eigenvalue weighted by atomic mass is 9.91.